The Morgan fingerprint density at radius 1 is 0.760 bits per heavy atom. The van der Waals surface area contributed by atoms with Gasteiger partial charge in [0.2, 0.25) is 0 Å². The number of hydrogen-bond donors (Lipinski definition) is 1. The Morgan fingerprint density at radius 2 is 1.48 bits per heavy atom. The van der Waals surface area contributed by atoms with Gasteiger partial charge in [0, 0.05) is 38.3 Å². The highest BCUT2D eigenvalue weighted by atomic mass is 16.5. The van der Waals surface area contributed by atoms with Crippen LogP contribution in [-0.4, -0.2) is 74.4 Å². The van der Waals surface area contributed by atoms with Crippen molar-refractivity contribution in [2.45, 2.75) is 57.0 Å². The molecular formula is C21H37N3O. The summed E-state index contributed by atoms with van der Waals surface area (Å²) < 4.78 is 5.45. The molecule has 0 spiro atoms. The lowest BCUT2D eigenvalue weighted by Gasteiger charge is -2.39. The van der Waals surface area contributed by atoms with Crippen molar-refractivity contribution >= 4 is 0 Å². The summed E-state index contributed by atoms with van der Waals surface area (Å²) in [5.41, 5.74) is 0. The predicted octanol–water partition coefficient (Wildman–Crippen LogP) is 2.20. The highest BCUT2D eigenvalue weighted by Crippen LogP contribution is 2.58. The smallest absolute Gasteiger partial charge is 0.0594 e. The molecule has 0 aromatic rings. The summed E-state index contributed by atoms with van der Waals surface area (Å²) in [5.74, 6) is 4.36. The minimum absolute atomic E-state index is 0.795. The first-order chi connectivity index (χ1) is 12.4. The van der Waals surface area contributed by atoms with Gasteiger partial charge in [-0.15, -0.1) is 0 Å². The first-order valence-corrected chi connectivity index (χ1v) is 11.2. The van der Waals surface area contributed by atoms with Crippen LogP contribution in [0.1, 0.15) is 44.9 Å². The van der Waals surface area contributed by atoms with Gasteiger partial charge in [-0.05, 0) is 75.3 Å². The Labute approximate surface area is 153 Å². The van der Waals surface area contributed by atoms with Crippen LogP contribution in [0.25, 0.3) is 0 Å². The van der Waals surface area contributed by atoms with Gasteiger partial charge in [0.25, 0.3) is 0 Å². The van der Waals surface area contributed by atoms with Crippen molar-refractivity contribution in [3.63, 3.8) is 0 Å². The summed E-state index contributed by atoms with van der Waals surface area (Å²) in [7, 11) is 0. The number of morpholine rings is 1. The molecule has 5 aliphatic rings. The van der Waals surface area contributed by atoms with Crippen molar-refractivity contribution in [3.05, 3.63) is 0 Å². The second kappa shape index (κ2) is 7.46. The number of ether oxygens (including phenoxy) is 1. The third-order valence-electron chi connectivity index (χ3n) is 8.30. The summed E-state index contributed by atoms with van der Waals surface area (Å²) in [6, 6.07) is 1.66. The van der Waals surface area contributed by atoms with Crippen molar-refractivity contribution < 1.29 is 4.74 Å². The lowest BCUT2D eigenvalue weighted by molar-refractivity contribution is 0.0316. The Morgan fingerprint density at radius 3 is 2.28 bits per heavy atom. The van der Waals surface area contributed by atoms with Crippen LogP contribution >= 0.6 is 0 Å². The SMILES string of the molecule is C1CC2C3CC(NC4CCN(CCN5CCOCC5)CC4)C(C3)C2C1. The standard InChI is InChI=1S/C21H37N3O/c1-2-18-16-14-20(19(18)3-1)21(15-16)22-17-4-6-23(7-5-17)8-9-24-10-12-25-13-11-24/h16-22H,1-15H2. The van der Waals surface area contributed by atoms with E-state index in [1.54, 1.807) is 19.3 Å². The van der Waals surface area contributed by atoms with Crippen LogP contribution in [0.4, 0.5) is 0 Å². The van der Waals surface area contributed by atoms with Crippen LogP contribution in [0.5, 0.6) is 0 Å². The molecule has 4 nitrogen and oxygen atoms in total. The molecule has 1 N–H and O–H groups in total. The largest absolute Gasteiger partial charge is 0.379 e. The molecule has 5 unspecified atom stereocenters. The second-order valence-electron chi connectivity index (χ2n) is 9.50. The molecule has 0 amide bonds. The van der Waals surface area contributed by atoms with Gasteiger partial charge < -0.3 is 15.0 Å². The summed E-state index contributed by atoms with van der Waals surface area (Å²) in [4.78, 5) is 5.27. The molecule has 0 aromatic heterocycles. The van der Waals surface area contributed by atoms with E-state index in [9.17, 15) is 0 Å². The van der Waals surface area contributed by atoms with E-state index >= 15 is 0 Å². The lowest BCUT2D eigenvalue weighted by atomic mass is 9.78. The van der Waals surface area contributed by atoms with E-state index in [1.165, 1.54) is 51.9 Å². The van der Waals surface area contributed by atoms with E-state index < -0.39 is 0 Å². The van der Waals surface area contributed by atoms with Gasteiger partial charge in [-0.2, -0.15) is 0 Å². The monoisotopic (exact) mass is 347 g/mol. The number of nitrogens with zero attached hydrogens (tertiary/aromatic N) is 2. The van der Waals surface area contributed by atoms with Crippen LogP contribution in [0, 0.1) is 23.7 Å². The zero-order valence-corrected chi connectivity index (χ0v) is 15.9. The summed E-state index contributed by atoms with van der Waals surface area (Å²) in [5, 5.41) is 4.13. The lowest BCUT2D eigenvalue weighted by Crippen LogP contribution is -2.50. The summed E-state index contributed by atoms with van der Waals surface area (Å²) >= 11 is 0. The molecule has 4 heteroatoms. The second-order valence-corrected chi connectivity index (χ2v) is 9.50. The molecule has 2 heterocycles. The average Bonchev–Trinajstić information content (AvgIpc) is 3.35. The van der Waals surface area contributed by atoms with Gasteiger partial charge in [0.15, 0.2) is 0 Å². The molecule has 5 fully saturated rings. The zero-order chi connectivity index (χ0) is 16.6. The minimum Gasteiger partial charge on any atom is -0.379 e. The number of fused-ring (bicyclic) bond motifs is 5. The van der Waals surface area contributed by atoms with Crippen LogP contribution in [0.3, 0.4) is 0 Å². The van der Waals surface area contributed by atoms with E-state index in [2.05, 4.69) is 15.1 Å². The van der Waals surface area contributed by atoms with Crippen molar-refractivity contribution in [3.8, 4) is 0 Å². The predicted molar refractivity (Wildman–Crippen MR) is 101 cm³/mol. The molecule has 2 aliphatic heterocycles. The number of rotatable bonds is 5. The number of likely N-dealkylation sites (tertiary alicyclic amines) is 1. The van der Waals surface area contributed by atoms with Crippen LogP contribution in [-0.2, 0) is 4.74 Å². The maximum Gasteiger partial charge on any atom is 0.0594 e. The highest BCUT2D eigenvalue weighted by molar-refractivity contribution is 5.06. The molecule has 5 rings (SSSR count). The van der Waals surface area contributed by atoms with Crippen molar-refractivity contribution in [2.24, 2.45) is 23.7 Å². The molecule has 3 aliphatic carbocycles. The number of piperidine rings is 1. The van der Waals surface area contributed by atoms with E-state index in [0.717, 1.165) is 62.1 Å². The van der Waals surface area contributed by atoms with Crippen LogP contribution in [0.15, 0.2) is 0 Å². The summed E-state index contributed by atoms with van der Waals surface area (Å²) in [6.45, 7) is 9.20. The van der Waals surface area contributed by atoms with Crippen molar-refractivity contribution in [1.82, 2.24) is 15.1 Å². The maximum absolute atomic E-state index is 5.45. The molecule has 2 saturated heterocycles. The molecule has 25 heavy (non-hydrogen) atoms. The summed E-state index contributed by atoms with van der Waals surface area (Å²) in [6.07, 6.45) is 10.4. The third-order valence-corrected chi connectivity index (χ3v) is 8.30. The van der Waals surface area contributed by atoms with E-state index in [4.69, 9.17) is 4.74 Å². The fourth-order valence-corrected chi connectivity index (χ4v) is 6.99. The fraction of sp³-hybridized carbons (Fsp3) is 1.00. The Balaban J connectivity index is 1.04. The first kappa shape index (κ1) is 17.0. The van der Waals surface area contributed by atoms with Gasteiger partial charge >= 0.3 is 0 Å². The van der Waals surface area contributed by atoms with E-state index in [0.29, 0.717) is 0 Å². The molecule has 3 saturated carbocycles. The van der Waals surface area contributed by atoms with Crippen LogP contribution < -0.4 is 5.32 Å². The molecular weight excluding hydrogens is 310 g/mol. The topological polar surface area (TPSA) is 27.7 Å². The molecule has 2 bridgehead atoms. The van der Waals surface area contributed by atoms with Crippen molar-refractivity contribution in [2.75, 3.05) is 52.5 Å². The van der Waals surface area contributed by atoms with Crippen molar-refractivity contribution in [1.29, 1.82) is 0 Å². The molecule has 5 atom stereocenters. The van der Waals surface area contributed by atoms with Crippen LogP contribution in [0.2, 0.25) is 0 Å². The van der Waals surface area contributed by atoms with Gasteiger partial charge in [0.1, 0.15) is 0 Å². The number of hydrogen-bond acceptors (Lipinski definition) is 4. The molecule has 0 radical (unpaired) electrons. The first-order valence-electron chi connectivity index (χ1n) is 11.2. The maximum atomic E-state index is 5.45. The van der Waals surface area contributed by atoms with Gasteiger partial charge in [-0.3, -0.25) is 4.90 Å². The van der Waals surface area contributed by atoms with E-state index in [1.807, 2.05) is 0 Å². The minimum atomic E-state index is 0.795. The Bertz CT molecular complexity index is 444. The third kappa shape index (κ3) is 3.52. The molecule has 142 valence electrons. The van der Waals surface area contributed by atoms with Gasteiger partial charge in [0.05, 0.1) is 13.2 Å². The fourth-order valence-electron chi connectivity index (χ4n) is 6.99. The normalized spacial score (nSPS) is 43.0. The molecule has 0 aromatic carbocycles. The highest BCUT2D eigenvalue weighted by Gasteiger charge is 2.53. The Hall–Kier alpha value is -0.160. The van der Waals surface area contributed by atoms with Gasteiger partial charge in [-0.1, -0.05) is 6.42 Å². The van der Waals surface area contributed by atoms with E-state index in [-0.39, 0.29) is 0 Å². The van der Waals surface area contributed by atoms with Gasteiger partial charge in [-0.25, -0.2) is 0 Å². The average molecular weight is 348 g/mol. The quantitative estimate of drug-likeness (QED) is 0.825. The zero-order valence-electron chi connectivity index (χ0n) is 15.9. The number of nitrogens with one attached hydrogen (secondary N) is 1. The Kier molecular flexibility index (Phi) is 5.06.